The van der Waals surface area contributed by atoms with Gasteiger partial charge in [0.05, 0.1) is 19.4 Å². The van der Waals surface area contributed by atoms with Gasteiger partial charge in [-0.15, -0.1) is 0 Å². The zero-order chi connectivity index (χ0) is 20.4. The van der Waals surface area contributed by atoms with Gasteiger partial charge in [-0.05, 0) is 71.6 Å². The van der Waals surface area contributed by atoms with E-state index in [1.54, 1.807) is 13.8 Å². The Hall–Kier alpha value is -1.29. The summed E-state index contributed by atoms with van der Waals surface area (Å²) in [7, 11) is -3.40. The first-order valence-corrected chi connectivity index (χ1v) is 11.1. The molecular weight excluding hydrogens is 369 g/mol. The van der Waals surface area contributed by atoms with Crippen LogP contribution in [0, 0.1) is 11.6 Å². The maximum Gasteiger partial charge on any atom is 0.335 e. The van der Waals surface area contributed by atoms with Crippen LogP contribution in [0.1, 0.15) is 58.6 Å². The summed E-state index contributed by atoms with van der Waals surface area (Å²) in [4.78, 5) is 0. The van der Waals surface area contributed by atoms with Crippen LogP contribution in [-0.2, 0) is 26.2 Å². The van der Waals surface area contributed by atoms with Gasteiger partial charge in [0.1, 0.15) is 11.6 Å². The molecule has 0 bridgehead atoms. The van der Waals surface area contributed by atoms with Gasteiger partial charge >= 0.3 is 7.60 Å². The molecule has 0 N–H and O–H groups in total. The fraction of sp³-hybridized carbons (Fsp3) is 0.524. The molecule has 1 aromatic rings. The zero-order valence-corrected chi connectivity index (χ0v) is 17.9. The molecule has 0 aliphatic carbocycles. The third kappa shape index (κ3) is 8.50. The highest BCUT2D eigenvalue weighted by atomic mass is 31.2. The molecule has 0 amide bonds. The number of benzene rings is 1. The topological polar surface area (TPSA) is 35.5 Å². The Morgan fingerprint density at radius 2 is 1.59 bits per heavy atom. The highest BCUT2D eigenvalue weighted by Gasteiger charge is 2.25. The van der Waals surface area contributed by atoms with E-state index >= 15 is 0 Å². The lowest BCUT2D eigenvalue weighted by Gasteiger charge is -2.17. The normalized spacial score (nSPS) is 12.3. The Balaban J connectivity index is 2.89. The Morgan fingerprint density at radius 3 is 2.07 bits per heavy atom. The molecule has 0 atom stereocenters. The fourth-order valence-corrected chi connectivity index (χ4v) is 4.33. The second-order valence-electron chi connectivity index (χ2n) is 6.72. The molecule has 6 heteroatoms. The minimum atomic E-state index is -3.40. The number of hydrogen-bond acceptors (Lipinski definition) is 3. The van der Waals surface area contributed by atoms with Gasteiger partial charge in [0.2, 0.25) is 0 Å². The average Bonchev–Trinajstić information content (AvgIpc) is 2.53. The molecule has 0 spiro atoms. The lowest BCUT2D eigenvalue weighted by Crippen LogP contribution is -2.02. The summed E-state index contributed by atoms with van der Waals surface area (Å²) in [5, 5.41) is 0. The van der Waals surface area contributed by atoms with Gasteiger partial charge in [0.15, 0.2) is 0 Å². The van der Waals surface area contributed by atoms with Crippen molar-refractivity contribution in [1.82, 2.24) is 0 Å². The van der Waals surface area contributed by atoms with Gasteiger partial charge in [-0.25, -0.2) is 8.78 Å². The van der Waals surface area contributed by atoms with E-state index in [0.29, 0.717) is 0 Å². The monoisotopic (exact) mass is 400 g/mol. The Labute approximate surface area is 162 Å². The van der Waals surface area contributed by atoms with Crippen molar-refractivity contribution in [2.24, 2.45) is 0 Å². The summed E-state index contributed by atoms with van der Waals surface area (Å²) in [6.45, 7) is 9.85. The quantitative estimate of drug-likeness (QED) is 0.297. The molecule has 1 aromatic carbocycles. The molecule has 0 aliphatic rings. The minimum absolute atomic E-state index is 0.0166. The van der Waals surface area contributed by atoms with Crippen molar-refractivity contribution in [3.63, 3.8) is 0 Å². The molecule has 0 saturated carbocycles. The van der Waals surface area contributed by atoms with Crippen LogP contribution in [-0.4, -0.2) is 13.2 Å². The van der Waals surface area contributed by atoms with Crippen molar-refractivity contribution in [2.75, 3.05) is 13.2 Å². The minimum Gasteiger partial charge on any atom is -0.309 e. The predicted molar refractivity (Wildman–Crippen MR) is 107 cm³/mol. The van der Waals surface area contributed by atoms with Crippen LogP contribution in [0.15, 0.2) is 35.4 Å². The molecule has 0 radical (unpaired) electrons. The molecule has 0 aliphatic heterocycles. The first-order chi connectivity index (χ1) is 12.7. The second-order valence-corrected chi connectivity index (χ2v) is 8.77. The van der Waals surface area contributed by atoms with Crippen molar-refractivity contribution in [3.8, 4) is 0 Å². The van der Waals surface area contributed by atoms with E-state index in [4.69, 9.17) is 9.05 Å². The lowest BCUT2D eigenvalue weighted by molar-refractivity contribution is 0.219. The fourth-order valence-electron chi connectivity index (χ4n) is 2.65. The van der Waals surface area contributed by atoms with E-state index in [1.165, 1.54) is 17.7 Å². The molecule has 0 fully saturated rings. The van der Waals surface area contributed by atoms with E-state index in [0.717, 1.165) is 18.4 Å². The Bertz CT molecular complexity index is 689. The summed E-state index contributed by atoms with van der Waals surface area (Å²) >= 11 is 0. The molecule has 0 unspecified atom stereocenters. The number of rotatable bonds is 11. The third-order valence-corrected chi connectivity index (χ3v) is 6.03. The summed E-state index contributed by atoms with van der Waals surface area (Å²) in [6, 6.07) is 2.44. The van der Waals surface area contributed by atoms with Gasteiger partial charge in [0, 0.05) is 5.56 Å². The van der Waals surface area contributed by atoms with Crippen molar-refractivity contribution in [2.45, 2.75) is 60.0 Å². The molecule has 0 heterocycles. The van der Waals surface area contributed by atoms with Gasteiger partial charge in [-0.2, -0.15) is 0 Å². The molecule has 0 aromatic heterocycles. The highest BCUT2D eigenvalue weighted by molar-refractivity contribution is 7.53. The number of hydrogen-bond donors (Lipinski definition) is 0. The molecule has 0 saturated heterocycles. The summed E-state index contributed by atoms with van der Waals surface area (Å²) < 4.78 is 51.8. The zero-order valence-electron chi connectivity index (χ0n) is 17.0. The first-order valence-electron chi connectivity index (χ1n) is 9.34. The maximum atomic E-state index is 14.4. The van der Waals surface area contributed by atoms with Gasteiger partial charge < -0.3 is 9.05 Å². The van der Waals surface area contributed by atoms with Gasteiger partial charge in [-0.3, -0.25) is 4.57 Å². The molecule has 152 valence electrons. The molecular formula is C21H31F2O3P. The van der Waals surface area contributed by atoms with E-state index in [9.17, 15) is 13.3 Å². The van der Waals surface area contributed by atoms with E-state index in [1.807, 2.05) is 26.8 Å². The SMILES string of the molecule is CCOP(=O)(Cc1cc(F)c(C/C=C(\C)CCC=C(C)C)c(F)c1)OCC. The highest BCUT2D eigenvalue weighted by Crippen LogP contribution is 2.51. The number of halogens is 2. The lowest BCUT2D eigenvalue weighted by atomic mass is 10.0. The van der Waals surface area contributed by atoms with Crippen LogP contribution >= 0.6 is 7.60 Å². The summed E-state index contributed by atoms with van der Waals surface area (Å²) in [5.41, 5.74) is 2.63. The van der Waals surface area contributed by atoms with E-state index < -0.39 is 19.2 Å². The van der Waals surface area contributed by atoms with Crippen molar-refractivity contribution >= 4 is 7.60 Å². The second kappa shape index (κ2) is 11.5. The largest absolute Gasteiger partial charge is 0.335 e. The standard InChI is InChI=1S/C21H31F2O3P/c1-6-25-27(24,26-7-2)15-18-13-20(22)19(21(23)14-18)12-11-17(5)10-8-9-16(3)4/h9,11,13-14H,6-8,10,12,15H2,1-5H3/b17-11+. The van der Waals surface area contributed by atoms with Crippen molar-refractivity contribution in [3.05, 3.63) is 58.2 Å². The van der Waals surface area contributed by atoms with Crippen LogP contribution in [0.2, 0.25) is 0 Å². The van der Waals surface area contributed by atoms with Crippen LogP contribution < -0.4 is 0 Å². The molecule has 27 heavy (non-hydrogen) atoms. The van der Waals surface area contributed by atoms with Crippen LogP contribution in [0.25, 0.3) is 0 Å². The van der Waals surface area contributed by atoms with Gasteiger partial charge in [0.25, 0.3) is 0 Å². The van der Waals surface area contributed by atoms with Gasteiger partial charge in [-0.1, -0.05) is 23.3 Å². The Kier molecular flexibility index (Phi) is 10.1. The van der Waals surface area contributed by atoms with E-state index in [2.05, 4.69) is 6.08 Å². The molecule has 3 nitrogen and oxygen atoms in total. The van der Waals surface area contributed by atoms with Crippen LogP contribution in [0.3, 0.4) is 0 Å². The Morgan fingerprint density at radius 1 is 1.04 bits per heavy atom. The number of allylic oxidation sites excluding steroid dienone is 4. The smallest absolute Gasteiger partial charge is 0.309 e. The van der Waals surface area contributed by atoms with Crippen molar-refractivity contribution < 1.29 is 22.4 Å². The van der Waals surface area contributed by atoms with Crippen molar-refractivity contribution in [1.29, 1.82) is 0 Å². The first kappa shape index (κ1) is 23.7. The maximum absolute atomic E-state index is 14.4. The third-order valence-electron chi connectivity index (χ3n) is 3.97. The van der Waals surface area contributed by atoms with E-state index in [-0.39, 0.29) is 36.9 Å². The van der Waals surface area contributed by atoms with Crippen LogP contribution in [0.4, 0.5) is 8.78 Å². The molecule has 1 rings (SSSR count). The predicted octanol–water partition coefficient (Wildman–Crippen LogP) is 6.97. The van der Waals surface area contributed by atoms with Crippen LogP contribution in [0.5, 0.6) is 0 Å². The summed E-state index contributed by atoms with van der Waals surface area (Å²) in [5.74, 6) is -1.28. The average molecular weight is 400 g/mol. The summed E-state index contributed by atoms with van der Waals surface area (Å²) in [6.07, 6.45) is 5.80.